The molecule has 2 fully saturated rings. The standard InChI is InChI=1S/C72H125NO13/c1-3-5-7-9-11-13-15-17-19-21-23-25-26-27-28-29-30-31-32-33-34-36-37-39-41-43-45-47-49-51-53-55-61(76)60(59-83-71-69(82)67(80)70(63(58-75)85-71)86-72-68(81)66(79)65(78)62(57-74)84-72)73-64(77)56-54-52-50-48-46-44-42-40-38-35-24-22-20-18-16-14-12-10-8-6-4-2/h6,8,12,14,18,20,24,35,37,39-40,42,45,47,53,55,60-63,65-72,74-76,78-82H,3-5,7,9-11,13,15-17,19,21-23,25-34,36,38,41,43-44,46,48-52,54,56-59H2,1-2H3,(H,73,77)/b8-6-,14-12-,20-18-,35-24-,39-37+,42-40-,47-45+,55-53+. The summed E-state index contributed by atoms with van der Waals surface area (Å²) in [5.74, 6) is -0.274. The van der Waals surface area contributed by atoms with Crippen LogP contribution in [0.1, 0.15) is 258 Å². The van der Waals surface area contributed by atoms with E-state index in [1.165, 1.54) is 135 Å². The Morgan fingerprint density at radius 1 is 0.430 bits per heavy atom. The zero-order chi connectivity index (χ0) is 62.3. The average molecular weight is 1210 g/mol. The number of carbonyl (C=O) groups is 1. The molecule has 86 heavy (non-hydrogen) atoms. The van der Waals surface area contributed by atoms with E-state index < -0.39 is 86.8 Å². The number of carbonyl (C=O) groups excluding carboxylic acids is 1. The van der Waals surface area contributed by atoms with Gasteiger partial charge in [0.1, 0.15) is 48.8 Å². The molecule has 2 rings (SSSR count). The van der Waals surface area contributed by atoms with E-state index in [0.717, 1.165) is 89.9 Å². The Bertz CT molecular complexity index is 1810. The van der Waals surface area contributed by atoms with Crippen molar-refractivity contribution in [3.63, 3.8) is 0 Å². The SMILES string of the molecule is CC/C=C\C/C=C\C/C=C\C/C=C\C/C=C\CCCCCCCC(=O)NC(COC1OC(CO)C(OC2OC(CO)C(O)C(O)C2O)C(O)C1O)C(O)/C=C/CC/C=C/CC/C=C/CCCCCCCCCCCCCCCCCCCCCCC. The number of rotatable bonds is 55. The number of hydrogen-bond acceptors (Lipinski definition) is 13. The van der Waals surface area contributed by atoms with Crippen molar-refractivity contribution in [2.45, 2.75) is 331 Å². The first-order chi connectivity index (χ1) is 42.1. The van der Waals surface area contributed by atoms with Crippen LogP contribution in [0.25, 0.3) is 0 Å². The second-order valence-electron chi connectivity index (χ2n) is 23.9. The van der Waals surface area contributed by atoms with Crippen LogP contribution in [0.5, 0.6) is 0 Å². The monoisotopic (exact) mass is 1210 g/mol. The van der Waals surface area contributed by atoms with E-state index >= 15 is 0 Å². The van der Waals surface area contributed by atoms with Gasteiger partial charge in [-0.1, -0.05) is 259 Å². The first kappa shape index (κ1) is 79.0. The Kier molecular flexibility index (Phi) is 51.4. The lowest BCUT2D eigenvalue weighted by Gasteiger charge is -2.46. The summed E-state index contributed by atoms with van der Waals surface area (Å²) in [5.41, 5.74) is 0. The van der Waals surface area contributed by atoms with E-state index in [4.69, 9.17) is 18.9 Å². The molecule has 2 heterocycles. The van der Waals surface area contributed by atoms with Gasteiger partial charge in [0.15, 0.2) is 12.6 Å². The predicted molar refractivity (Wildman–Crippen MR) is 350 cm³/mol. The minimum absolute atomic E-state index is 0.242. The van der Waals surface area contributed by atoms with Crippen molar-refractivity contribution in [2.75, 3.05) is 19.8 Å². The summed E-state index contributed by atoms with van der Waals surface area (Å²) in [6, 6.07) is -0.957. The summed E-state index contributed by atoms with van der Waals surface area (Å²) >= 11 is 0. The Balaban J connectivity index is 1.72. The molecule has 0 aromatic rings. The second kappa shape index (κ2) is 55.9. The fourth-order valence-electron chi connectivity index (χ4n) is 10.8. The molecule has 496 valence electrons. The Labute approximate surface area is 522 Å². The van der Waals surface area contributed by atoms with Gasteiger partial charge in [-0.3, -0.25) is 4.79 Å². The highest BCUT2D eigenvalue weighted by atomic mass is 16.7. The van der Waals surface area contributed by atoms with Crippen molar-refractivity contribution in [1.82, 2.24) is 5.32 Å². The fraction of sp³-hybridized carbons (Fsp3) is 0.764. The number of aliphatic hydroxyl groups excluding tert-OH is 8. The van der Waals surface area contributed by atoms with E-state index in [1.807, 2.05) is 6.08 Å². The van der Waals surface area contributed by atoms with Crippen LogP contribution in [-0.4, -0.2) is 140 Å². The molecule has 0 aromatic heterocycles. The predicted octanol–water partition coefficient (Wildman–Crippen LogP) is 13.8. The highest BCUT2D eigenvalue weighted by molar-refractivity contribution is 5.76. The van der Waals surface area contributed by atoms with Crippen LogP contribution in [0, 0.1) is 0 Å². The maximum absolute atomic E-state index is 13.3. The summed E-state index contributed by atoms with van der Waals surface area (Å²) in [7, 11) is 0. The van der Waals surface area contributed by atoms with E-state index in [1.54, 1.807) is 6.08 Å². The van der Waals surface area contributed by atoms with E-state index in [2.05, 4.69) is 104 Å². The van der Waals surface area contributed by atoms with Gasteiger partial charge >= 0.3 is 0 Å². The molecule has 14 heteroatoms. The van der Waals surface area contributed by atoms with Gasteiger partial charge in [0.25, 0.3) is 0 Å². The highest BCUT2D eigenvalue weighted by Crippen LogP contribution is 2.30. The maximum Gasteiger partial charge on any atom is 0.220 e. The van der Waals surface area contributed by atoms with Crippen molar-refractivity contribution < 1.29 is 64.6 Å². The number of aliphatic hydroxyl groups is 8. The number of hydrogen-bond donors (Lipinski definition) is 9. The fourth-order valence-corrected chi connectivity index (χ4v) is 10.8. The van der Waals surface area contributed by atoms with E-state index in [0.29, 0.717) is 12.8 Å². The van der Waals surface area contributed by atoms with Gasteiger partial charge in [0, 0.05) is 6.42 Å². The van der Waals surface area contributed by atoms with Crippen molar-refractivity contribution >= 4 is 5.91 Å². The van der Waals surface area contributed by atoms with Crippen LogP contribution < -0.4 is 5.32 Å². The molecule has 0 saturated carbocycles. The number of allylic oxidation sites excluding steroid dienone is 15. The highest BCUT2D eigenvalue weighted by Gasteiger charge is 2.51. The molecule has 2 saturated heterocycles. The van der Waals surface area contributed by atoms with Crippen LogP contribution >= 0.6 is 0 Å². The van der Waals surface area contributed by atoms with Crippen molar-refractivity contribution in [2.24, 2.45) is 0 Å². The van der Waals surface area contributed by atoms with Crippen molar-refractivity contribution in [3.05, 3.63) is 97.2 Å². The molecule has 0 radical (unpaired) electrons. The zero-order valence-electron chi connectivity index (χ0n) is 53.8. The minimum Gasteiger partial charge on any atom is -0.394 e. The molecular weight excluding hydrogens is 1090 g/mol. The minimum atomic E-state index is -1.80. The lowest BCUT2D eigenvalue weighted by Crippen LogP contribution is -2.65. The lowest BCUT2D eigenvalue weighted by molar-refractivity contribution is -0.359. The summed E-state index contributed by atoms with van der Waals surface area (Å²) in [6.45, 7) is 2.66. The number of ether oxygens (including phenoxy) is 4. The summed E-state index contributed by atoms with van der Waals surface area (Å²) in [6.07, 6.45) is 61.8. The molecule has 0 spiro atoms. The topological polar surface area (TPSA) is 228 Å². The maximum atomic E-state index is 13.3. The molecule has 9 N–H and O–H groups in total. The number of nitrogens with one attached hydrogen (secondary N) is 1. The Hall–Kier alpha value is -3.09. The first-order valence-corrected chi connectivity index (χ1v) is 34.5. The molecule has 0 aromatic carbocycles. The summed E-state index contributed by atoms with van der Waals surface area (Å²) in [5, 5.41) is 87.3. The van der Waals surface area contributed by atoms with Crippen LogP contribution in [-0.2, 0) is 23.7 Å². The van der Waals surface area contributed by atoms with Crippen LogP contribution in [0.2, 0.25) is 0 Å². The van der Waals surface area contributed by atoms with Crippen molar-refractivity contribution in [3.8, 4) is 0 Å². The van der Waals surface area contributed by atoms with Gasteiger partial charge < -0.3 is 65.1 Å². The largest absolute Gasteiger partial charge is 0.394 e. The summed E-state index contributed by atoms with van der Waals surface area (Å²) in [4.78, 5) is 13.3. The van der Waals surface area contributed by atoms with Gasteiger partial charge in [-0.2, -0.15) is 0 Å². The quantitative estimate of drug-likeness (QED) is 0.0204. The molecule has 2 aliphatic heterocycles. The van der Waals surface area contributed by atoms with E-state index in [9.17, 15) is 45.6 Å². The van der Waals surface area contributed by atoms with Crippen molar-refractivity contribution in [1.29, 1.82) is 0 Å². The second-order valence-corrected chi connectivity index (χ2v) is 23.9. The molecule has 2 aliphatic rings. The lowest BCUT2D eigenvalue weighted by atomic mass is 9.97. The van der Waals surface area contributed by atoms with Gasteiger partial charge in [-0.25, -0.2) is 0 Å². The van der Waals surface area contributed by atoms with Gasteiger partial charge in [-0.05, 0) is 89.9 Å². The number of unbranched alkanes of at least 4 members (excludes halogenated alkanes) is 28. The van der Waals surface area contributed by atoms with Crippen LogP contribution in [0.3, 0.4) is 0 Å². The third-order valence-electron chi connectivity index (χ3n) is 16.2. The molecule has 0 aliphatic carbocycles. The first-order valence-electron chi connectivity index (χ1n) is 34.5. The zero-order valence-corrected chi connectivity index (χ0v) is 53.8. The summed E-state index contributed by atoms with van der Waals surface area (Å²) < 4.78 is 22.8. The molecule has 12 unspecified atom stereocenters. The van der Waals surface area contributed by atoms with Gasteiger partial charge in [0.05, 0.1) is 32.0 Å². The normalized spacial score (nSPS) is 24.0. The molecule has 0 bridgehead atoms. The Morgan fingerprint density at radius 2 is 0.814 bits per heavy atom. The molecular formula is C72H125NO13. The van der Waals surface area contributed by atoms with Crippen LogP contribution in [0.4, 0.5) is 0 Å². The third kappa shape index (κ3) is 39.8. The molecule has 12 atom stereocenters. The Morgan fingerprint density at radius 3 is 1.28 bits per heavy atom. The molecule has 14 nitrogen and oxygen atoms in total. The smallest absolute Gasteiger partial charge is 0.220 e. The van der Waals surface area contributed by atoms with Gasteiger partial charge in [0.2, 0.25) is 5.91 Å². The number of amides is 1. The average Bonchev–Trinajstić information content (AvgIpc) is 2.54. The third-order valence-corrected chi connectivity index (χ3v) is 16.2. The van der Waals surface area contributed by atoms with Gasteiger partial charge in [-0.15, -0.1) is 0 Å². The van der Waals surface area contributed by atoms with Crippen LogP contribution in [0.15, 0.2) is 97.2 Å². The van der Waals surface area contributed by atoms with E-state index in [-0.39, 0.29) is 18.9 Å². The molecule has 1 amide bonds.